The quantitative estimate of drug-likeness (QED) is 0.293. The Morgan fingerprint density at radius 1 is 0.867 bits per heavy atom. The summed E-state index contributed by atoms with van der Waals surface area (Å²) in [6.45, 7) is 4.09. The van der Waals surface area contributed by atoms with Crippen LogP contribution in [-0.4, -0.2) is 72.6 Å². The first kappa shape index (κ1) is 25.1. The molecule has 1 fully saturated rings. The molecule has 1 aliphatic rings. The van der Waals surface area contributed by atoms with E-state index in [4.69, 9.17) is 28.8 Å². The van der Waals surface area contributed by atoms with Crippen LogP contribution in [0.4, 0.5) is 0 Å². The second-order valence-corrected chi connectivity index (χ2v) is 6.17. The molecule has 0 aromatic rings. The molecule has 1 saturated heterocycles. The molecule has 4 atom stereocenters. The zero-order valence-electron chi connectivity index (χ0n) is 17.0. The second-order valence-electron chi connectivity index (χ2n) is 6.17. The number of ether oxygens (including phenoxy) is 5. The third-order valence-corrected chi connectivity index (χ3v) is 3.97. The smallest absolute Gasteiger partial charge is 0.331 e. The Balaban J connectivity index is 3.04. The first-order valence-electron chi connectivity index (χ1n) is 9.49. The van der Waals surface area contributed by atoms with Crippen LogP contribution >= 0.6 is 0 Å². The first-order valence-corrected chi connectivity index (χ1v) is 9.49. The normalized spacial score (nSPS) is 23.4. The Labute approximate surface area is 173 Å². The minimum absolute atomic E-state index is 0.0121. The summed E-state index contributed by atoms with van der Waals surface area (Å²) < 4.78 is 26.5. The van der Waals surface area contributed by atoms with E-state index in [0.717, 1.165) is 0 Å². The lowest BCUT2D eigenvalue weighted by molar-refractivity contribution is -0.232. The van der Waals surface area contributed by atoms with Gasteiger partial charge in [-0.3, -0.25) is 14.4 Å². The number of carboxylic acid groups (broad SMARTS) is 1. The summed E-state index contributed by atoms with van der Waals surface area (Å²) in [5.74, 6) is -4.10. The molecule has 168 valence electrons. The van der Waals surface area contributed by atoms with E-state index in [9.17, 15) is 24.0 Å². The van der Waals surface area contributed by atoms with E-state index < -0.39 is 60.9 Å². The van der Waals surface area contributed by atoms with Gasteiger partial charge < -0.3 is 28.8 Å². The van der Waals surface area contributed by atoms with Gasteiger partial charge in [-0.2, -0.15) is 0 Å². The van der Waals surface area contributed by atoms with Crippen molar-refractivity contribution in [2.75, 3.05) is 13.2 Å². The Morgan fingerprint density at radius 3 is 1.93 bits per heavy atom. The molecule has 1 N–H and O–H groups in total. The van der Waals surface area contributed by atoms with Gasteiger partial charge >= 0.3 is 29.8 Å². The van der Waals surface area contributed by atoms with E-state index in [2.05, 4.69) is 0 Å². The highest BCUT2D eigenvalue weighted by Gasteiger charge is 2.47. The summed E-state index contributed by atoms with van der Waals surface area (Å²) in [5, 5.41) is 8.54. The van der Waals surface area contributed by atoms with Crippen molar-refractivity contribution < 1.29 is 52.8 Å². The Morgan fingerprint density at radius 2 is 1.40 bits per heavy atom. The molecule has 0 saturated carbocycles. The van der Waals surface area contributed by atoms with Gasteiger partial charge in [0.2, 0.25) is 0 Å². The van der Waals surface area contributed by atoms with Crippen LogP contribution in [-0.2, 0) is 47.7 Å². The van der Waals surface area contributed by atoms with E-state index in [1.807, 2.05) is 0 Å². The average Bonchev–Trinajstić information content (AvgIpc) is 2.72. The predicted octanol–water partition coefficient (Wildman–Crippen LogP) is 0.535. The van der Waals surface area contributed by atoms with Crippen LogP contribution in [0, 0.1) is 0 Å². The van der Waals surface area contributed by atoms with Gasteiger partial charge in [0.1, 0.15) is 12.7 Å². The summed E-state index contributed by atoms with van der Waals surface area (Å²) in [7, 11) is 0. The van der Waals surface area contributed by atoms with Crippen molar-refractivity contribution in [2.24, 2.45) is 0 Å². The van der Waals surface area contributed by atoms with Gasteiger partial charge in [-0.15, -0.1) is 0 Å². The monoisotopic (exact) mass is 430 g/mol. The molecule has 0 bridgehead atoms. The molecule has 1 heterocycles. The van der Waals surface area contributed by atoms with Crippen molar-refractivity contribution >= 4 is 29.8 Å². The topological polar surface area (TPSA) is 152 Å². The zero-order valence-corrected chi connectivity index (χ0v) is 17.0. The van der Waals surface area contributed by atoms with E-state index in [1.54, 1.807) is 20.8 Å². The second kappa shape index (κ2) is 12.6. The van der Waals surface area contributed by atoms with E-state index in [1.165, 1.54) is 0 Å². The van der Waals surface area contributed by atoms with E-state index in [-0.39, 0.29) is 25.9 Å². The maximum Gasteiger partial charge on any atom is 0.331 e. The number of rotatable bonds is 10. The lowest BCUT2D eigenvalue weighted by Crippen LogP contribution is -2.58. The van der Waals surface area contributed by atoms with Crippen LogP contribution in [0.2, 0.25) is 0 Å². The molecule has 0 unspecified atom stereocenters. The highest BCUT2D eigenvalue weighted by molar-refractivity contribution is 5.90. The Hall–Kier alpha value is -2.95. The summed E-state index contributed by atoms with van der Waals surface area (Å²) in [5.41, 5.74) is 0. The van der Waals surface area contributed by atoms with Crippen molar-refractivity contribution in [3.63, 3.8) is 0 Å². The van der Waals surface area contributed by atoms with Gasteiger partial charge in [-0.1, -0.05) is 20.8 Å². The van der Waals surface area contributed by atoms with Crippen molar-refractivity contribution in [1.82, 2.24) is 0 Å². The van der Waals surface area contributed by atoms with Crippen molar-refractivity contribution in [1.29, 1.82) is 0 Å². The number of carbonyl (C=O) groups excluding carboxylic acids is 4. The lowest BCUT2D eigenvalue weighted by Gasteiger charge is -2.40. The van der Waals surface area contributed by atoms with Gasteiger partial charge in [0.05, 0.1) is 6.61 Å². The number of carbonyl (C=O) groups is 5. The summed E-state index contributed by atoms with van der Waals surface area (Å²) in [6, 6.07) is 0. The Kier molecular flexibility index (Phi) is 10.5. The van der Waals surface area contributed by atoms with Crippen LogP contribution in [0.15, 0.2) is 12.2 Å². The van der Waals surface area contributed by atoms with Crippen LogP contribution in [0.3, 0.4) is 0 Å². The van der Waals surface area contributed by atoms with Crippen molar-refractivity contribution in [2.45, 2.75) is 64.4 Å². The van der Waals surface area contributed by atoms with Gasteiger partial charge in [0.15, 0.2) is 18.3 Å². The number of carboxylic acids is 1. The van der Waals surface area contributed by atoms with Gasteiger partial charge in [-0.25, -0.2) is 9.59 Å². The minimum atomic E-state index is -1.33. The fourth-order valence-electron chi connectivity index (χ4n) is 2.44. The molecule has 11 heteroatoms. The molecule has 0 spiro atoms. The third kappa shape index (κ3) is 8.19. The molecule has 0 radical (unpaired) electrons. The zero-order chi connectivity index (χ0) is 22.7. The molecule has 1 aliphatic heterocycles. The highest BCUT2D eigenvalue weighted by atomic mass is 16.7. The van der Waals surface area contributed by atoms with Crippen LogP contribution in [0.25, 0.3) is 0 Å². The molecule has 0 aliphatic carbocycles. The van der Waals surface area contributed by atoms with Crippen LogP contribution in [0.1, 0.15) is 40.0 Å². The lowest BCUT2D eigenvalue weighted by atomic mass is 9.99. The molecular formula is C19H26O11. The van der Waals surface area contributed by atoms with E-state index in [0.29, 0.717) is 12.2 Å². The molecule has 30 heavy (non-hydrogen) atoms. The summed E-state index contributed by atoms with van der Waals surface area (Å²) >= 11 is 0. The number of hydrogen-bond donors (Lipinski definition) is 1. The van der Waals surface area contributed by atoms with E-state index >= 15 is 0 Å². The van der Waals surface area contributed by atoms with Crippen molar-refractivity contribution in [3.05, 3.63) is 12.2 Å². The molecule has 0 aromatic heterocycles. The van der Waals surface area contributed by atoms with Gasteiger partial charge in [0.25, 0.3) is 0 Å². The maximum atomic E-state index is 11.9. The minimum Gasteiger partial charge on any atom is -0.478 e. The number of hydrogen-bond acceptors (Lipinski definition) is 10. The molecule has 0 amide bonds. The first-order chi connectivity index (χ1) is 14.2. The predicted molar refractivity (Wildman–Crippen MR) is 98.0 cm³/mol. The largest absolute Gasteiger partial charge is 0.478 e. The fraction of sp³-hybridized carbons (Fsp3) is 0.632. The van der Waals surface area contributed by atoms with Crippen LogP contribution < -0.4 is 0 Å². The SMILES string of the molecule is CCC(=O)O[C@H]1[C@H](OC(=O)CC)[C@H](OC(=O)CC)CO[C@H]1COC(=O)/C=C/C(=O)O. The van der Waals surface area contributed by atoms with Crippen LogP contribution in [0.5, 0.6) is 0 Å². The molecular weight excluding hydrogens is 404 g/mol. The maximum absolute atomic E-state index is 11.9. The summed E-state index contributed by atoms with van der Waals surface area (Å²) in [6.07, 6.45) is -3.03. The molecule has 11 nitrogen and oxygen atoms in total. The fourth-order valence-corrected chi connectivity index (χ4v) is 2.44. The van der Waals surface area contributed by atoms with Gasteiger partial charge in [-0.05, 0) is 0 Å². The Bertz CT molecular complexity index is 669. The van der Waals surface area contributed by atoms with Crippen molar-refractivity contribution in [3.8, 4) is 0 Å². The molecule has 1 rings (SSSR count). The average molecular weight is 430 g/mol. The highest BCUT2D eigenvalue weighted by Crippen LogP contribution is 2.25. The molecule has 0 aromatic carbocycles. The number of aliphatic carboxylic acids is 1. The standard InChI is InChI=1S/C19H26O11/c1-4-14(22)28-12-10-26-11(9-27-17(25)8-7-13(20)21)18(29-15(23)5-2)19(12)30-16(24)6-3/h7-8,11-12,18-19H,4-6,9-10H2,1-3H3,(H,20,21)/b8-7+/t11-,12+,18+,19+/m0/s1. The number of esters is 4. The van der Waals surface area contributed by atoms with Gasteiger partial charge in [0, 0.05) is 31.4 Å². The third-order valence-electron chi connectivity index (χ3n) is 3.97. The summed E-state index contributed by atoms with van der Waals surface area (Å²) in [4.78, 5) is 57.7.